The van der Waals surface area contributed by atoms with E-state index >= 15 is 0 Å². The van der Waals surface area contributed by atoms with Crippen LogP contribution in [0.3, 0.4) is 0 Å². The Morgan fingerprint density at radius 2 is 1.76 bits per heavy atom. The molecule has 0 fully saturated rings. The van der Waals surface area contributed by atoms with Gasteiger partial charge in [-0.25, -0.2) is 9.97 Å². The third kappa shape index (κ3) is 6.00. The largest absolute Gasteiger partial charge is 0.469 e. The number of H-pyrrole nitrogens is 2. The predicted octanol–water partition coefficient (Wildman–Crippen LogP) is 6.33. The van der Waals surface area contributed by atoms with Crippen molar-refractivity contribution >= 4 is 58.2 Å². The molecule has 11 nitrogen and oxygen atoms in total. The molecule has 0 radical (unpaired) electrons. The first-order valence-electron chi connectivity index (χ1n) is 17.3. The molecule has 2 amide bonds. The standard InChI is InChI=1S/C38H45BN6O5/c1-9-23-19(3)26-16-28-21(5)25(12-13-32(46)50-8)35(43-28)34-36-33(37(47)45(38(34)48)15-11-14-40-39(7)49)22(6)29(44-36)18-31-24(10-2)20(4)27(42-31)17-30(23)41-26/h9,16-18,21,25,40,43-44,49H,1,10-15H2,2-8H3/t21-,25-/m0/s1. The van der Waals surface area contributed by atoms with Crippen molar-refractivity contribution in [2.75, 3.05) is 20.2 Å². The highest BCUT2D eigenvalue weighted by molar-refractivity contribution is 6.45. The van der Waals surface area contributed by atoms with E-state index in [4.69, 9.17) is 14.7 Å². The normalized spacial score (nSPS) is 17.8. The summed E-state index contributed by atoms with van der Waals surface area (Å²) in [6.45, 7) is 16.4. The number of carbonyl (C=O) groups excluding carboxylic acids is 3. The number of hydrogen-bond acceptors (Lipinski definition) is 8. The highest BCUT2D eigenvalue weighted by Gasteiger charge is 2.40. The molecule has 0 aliphatic carbocycles. The molecule has 260 valence electrons. The van der Waals surface area contributed by atoms with Gasteiger partial charge in [0.1, 0.15) is 0 Å². The van der Waals surface area contributed by atoms with Gasteiger partial charge in [-0.3, -0.25) is 19.3 Å². The second kappa shape index (κ2) is 13.8. The summed E-state index contributed by atoms with van der Waals surface area (Å²) in [5.74, 6) is -1.51. The van der Waals surface area contributed by atoms with Crippen LogP contribution in [-0.4, -0.2) is 74.9 Å². The number of imide groups is 1. The molecule has 2 aromatic rings. The Hall–Kier alpha value is -4.81. The number of aryl methyl sites for hydroxylation is 1. The molecule has 4 aliphatic heterocycles. The Balaban J connectivity index is 1.71. The topological polar surface area (TPSA) is 153 Å². The number of aromatic nitrogens is 4. The molecule has 2 aromatic heterocycles. The van der Waals surface area contributed by atoms with Gasteiger partial charge in [-0.15, -0.1) is 0 Å². The second-order valence-electron chi connectivity index (χ2n) is 13.4. The number of aromatic amines is 2. The average molecular weight is 677 g/mol. The quantitative estimate of drug-likeness (QED) is 0.0986. The van der Waals surface area contributed by atoms with Crippen LogP contribution in [0.1, 0.15) is 126 Å². The molecule has 8 bridgehead atoms. The first-order chi connectivity index (χ1) is 23.9. The minimum absolute atomic E-state index is 0.124. The molecular weight excluding hydrogens is 631 g/mol. The van der Waals surface area contributed by atoms with E-state index in [-0.39, 0.29) is 36.7 Å². The lowest BCUT2D eigenvalue weighted by atomic mass is 9.84. The van der Waals surface area contributed by atoms with Gasteiger partial charge in [-0.2, -0.15) is 0 Å². The van der Waals surface area contributed by atoms with E-state index in [1.165, 1.54) is 12.0 Å². The molecule has 6 rings (SSSR count). The van der Waals surface area contributed by atoms with Gasteiger partial charge in [0.2, 0.25) is 0 Å². The van der Waals surface area contributed by atoms with Crippen LogP contribution < -0.4 is 5.23 Å². The van der Waals surface area contributed by atoms with Gasteiger partial charge >= 0.3 is 13.0 Å². The van der Waals surface area contributed by atoms with E-state index in [0.717, 1.165) is 62.7 Å². The fourth-order valence-corrected chi connectivity index (χ4v) is 7.56. The Morgan fingerprint density at radius 3 is 2.44 bits per heavy atom. The fourth-order valence-electron chi connectivity index (χ4n) is 7.56. The van der Waals surface area contributed by atoms with Gasteiger partial charge in [0.05, 0.1) is 46.5 Å². The SMILES string of the molecule is C=CC1=C(C)c2cc3[nH]c(c4c5[nH]c(cc6nc(cc1n2)C(C)=C6CC)c(C)c5C(=O)N(CCCNB(C)O)C4=O)[C@@H](CCC(=O)OC)[C@@H]3C. The lowest BCUT2D eigenvalue weighted by Crippen LogP contribution is -2.42. The second-order valence-corrected chi connectivity index (χ2v) is 13.4. The lowest BCUT2D eigenvalue weighted by molar-refractivity contribution is -0.140. The van der Waals surface area contributed by atoms with Crippen molar-refractivity contribution in [1.82, 2.24) is 30.1 Å². The molecule has 12 heteroatoms. The number of ether oxygens (including phenoxy) is 1. The van der Waals surface area contributed by atoms with E-state index in [2.05, 4.69) is 42.5 Å². The zero-order chi connectivity index (χ0) is 36.0. The Bertz CT molecular complexity index is 2070. The molecule has 0 unspecified atom stereocenters. The minimum atomic E-state index is -0.711. The zero-order valence-corrected chi connectivity index (χ0v) is 29.9. The number of carbonyl (C=O) groups is 3. The number of esters is 1. The van der Waals surface area contributed by atoms with Gasteiger partial charge < -0.3 is 25.0 Å². The summed E-state index contributed by atoms with van der Waals surface area (Å²) in [5, 5.41) is 12.7. The summed E-state index contributed by atoms with van der Waals surface area (Å²) >= 11 is 0. The minimum Gasteiger partial charge on any atom is -0.469 e. The lowest BCUT2D eigenvalue weighted by Gasteiger charge is -2.27. The summed E-state index contributed by atoms with van der Waals surface area (Å²) in [4.78, 5) is 59.8. The summed E-state index contributed by atoms with van der Waals surface area (Å²) in [5.41, 5.74) is 11.4. The van der Waals surface area contributed by atoms with E-state index in [0.29, 0.717) is 47.2 Å². The molecule has 4 N–H and O–H groups in total. The smallest absolute Gasteiger partial charge is 0.373 e. The molecule has 50 heavy (non-hydrogen) atoms. The van der Waals surface area contributed by atoms with Crippen molar-refractivity contribution in [3.63, 3.8) is 0 Å². The summed E-state index contributed by atoms with van der Waals surface area (Å²) in [6, 6.07) is 5.99. The number of nitrogens with one attached hydrogen (secondary N) is 3. The summed E-state index contributed by atoms with van der Waals surface area (Å²) < 4.78 is 5.00. The van der Waals surface area contributed by atoms with Crippen LogP contribution in [0, 0.1) is 6.92 Å². The summed E-state index contributed by atoms with van der Waals surface area (Å²) in [6.07, 6.45) is 3.61. The van der Waals surface area contributed by atoms with Gasteiger partial charge in [0.25, 0.3) is 11.8 Å². The molecule has 2 atom stereocenters. The molecule has 0 spiro atoms. The fraction of sp³-hybridized carbons (Fsp3) is 0.395. The molecule has 6 heterocycles. The number of methoxy groups -OCH3 is 1. The number of allylic oxidation sites excluding steroid dienone is 5. The highest BCUT2D eigenvalue weighted by atomic mass is 16.5. The average Bonchev–Trinajstić information content (AvgIpc) is 3.76. The summed E-state index contributed by atoms with van der Waals surface area (Å²) in [7, 11) is 0.658. The van der Waals surface area contributed by atoms with E-state index in [1.807, 2.05) is 38.1 Å². The number of nitrogens with zero attached hydrogens (tertiary/aromatic N) is 3. The Labute approximate surface area is 292 Å². The van der Waals surface area contributed by atoms with Crippen LogP contribution >= 0.6 is 0 Å². The Morgan fingerprint density at radius 1 is 1.06 bits per heavy atom. The van der Waals surface area contributed by atoms with Gasteiger partial charge in [0, 0.05) is 47.3 Å². The van der Waals surface area contributed by atoms with Crippen molar-refractivity contribution in [2.45, 2.75) is 79.0 Å². The number of rotatable bonds is 10. The van der Waals surface area contributed by atoms with Crippen LogP contribution in [0.25, 0.3) is 33.3 Å². The zero-order valence-electron chi connectivity index (χ0n) is 29.9. The van der Waals surface area contributed by atoms with E-state index in [9.17, 15) is 19.4 Å². The number of fused-ring (bicyclic) bond motifs is 8. The van der Waals surface area contributed by atoms with Crippen LogP contribution in [-0.2, 0) is 9.53 Å². The van der Waals surface area contributed by atoms with E-state index < -0.39 is 13.0 Å². The molecule has 0 saturated heterocycles. The maximum absolute atomic E-state index is 14.6. The number of hydrogen-bond donors (Lipinski definition) is 4. The van der Waals surface area contributed by atoms with Gasteiger partial charge in [0.15, 0.2) is 0 Å². The highest BCUT2D eigenvalue weighted by Crippen LogP contribution is 2.44. The van der Waals surface area contributed by atoms with Gasteiger partial charge in [-0.05, 0) is 93.9 Å². The molecule has 4 aliphatic rings. The predicted molar refractivity (Wildman–Crippen MR) is 197 cm³/mol. The third-order valence-electron chi connectivity index (χ3n) is 10.5. The van der Waals surface area contributed by atoms with Crippen molar-refractivity contribution < 1.29 is 24.1 Å². The Kier molecular flexibility index (Phi) is 9.70. The maximum Gasteiger partial charge on any atom is 0.373 e. The molecule has 0 aromatic carbocycles. The van der Waals surface area contributed by atoms with Gasteiger partial charge in [-0.1, -0.05) is 26.5 Å². The van der Waals surface area contributed by atoms with Crippen LogP contribution in [0.4, 0.5) is 0 Å². The molecular formula is C38H45BN6O5. The van der Waals surface area contributed by atoms with Crippen LogP contribution in [0.5, 0.6) is 0 Å². The number of amides is 2. The van der Waals surface area contributed by atoms with E-state index in [1.54, 1.807) is 6.82 Å². The van der Waals surface area contributed by atoms with Crippen molar-refractivity contribution in [3.05, 3.63) is 81.7 Å². The van der Waals surface area contributed by atoms with Crippen LogP contribution in [0.15, 0.2) is 30.9 Å². The monoisotopic (exact) mass is 676 g/mol. The molecule has 0 saturated carbocycles. The van der Waals surface area contributed by atoms with Crippen molar-refractivity contribution in [2.24, 2.45) is 0 Å². The van der Waals surface area contributed by atoms with Crippen LogP contribution in [0.2, 0.25) is 6.82 Å². The first-order valence-corrected chi connectivity index (χ1v) is 17.3. The first kappa shape index (κ1) is 35.0. The third-order valence-corrected chi connectivity index (χ3v) is 10.5. The van der Waals surface area contributed by atoms with Crippen molar-refractivity contribution in [3.8, 4) is 0 Å². The maximum atomic E-state index is 14.6. The van der Waals surface area contributed by atoms with Crippen molar-refractivity contribution in [1.29, 1.82) is 0 Å².